The minimum Gasteiger partial charge on any atom is -0.480 e. The Balaban J connectivity index is 3.91. The number of nitrogens with zero attached hydrogens (tertiary/aromatic N) is 2. The summed E-state index contributed by atoms with van der Waals surface area (Å²) >= 11 is 1.05. The lowest BCUT2D eigenvalue weighted by Gasteiger charge is -2.14. The van der Waals surface area contributed by atoms with Crippen LogP contribution < -0.4 is 11.5 Å². The van der Waals surface area contributed by atoms with Crippen molar-refractivity contribution in [2.24, 2.45) is 15.9 Å². The fourth-order valence-electron chi connectivity index (χ4n) is 0.769. The van der Waals surface area contributed by atoms with Crippen LogP contribution in [0.2, 0.25) is 0 Å². The third-order valence-corrected chi connectivity index (χ3v) is 2.49. The molecule has 0 radical (unpaired) electrons. The maximum atomic E-state index is 10.4. The molecular weight excluding hydrogens is 248 g/mol. The fraction of sp³-hybridized carbons (Fsp3) is 0.625. The second kappa shape index (κ2) is 7.74. The zero-order valence-corrected chi connectivity index (χ0v) is 10.2. The van der Waals surface area contributed by atoms with Crippen LogP contribution in [0.15, 0.2) is 4.40 Å². The number of hydrogen-bond acceptors (Lipinski definition) is 5. The van der Waals surface area contributed by atoms with Gasteiger partial charge in [-0.25, -0.2) is 0 Å². The Morgan fingerprint density at radius 3 is 2.53 bits per heavy atom. The first-order valence-corrected chi connectivity index (χ1v) is 5.65. The molecule has 0 saturated carbocycles. The molecule has 0 amide bonds. The van der Waals surface area contributed by atoms with E-state index in [-0.39, 0.29) is 18.9 Å². The van der Waals surface area contributed by atoms with Crippen LogP contribution in [0.3, 0.4) is 0 Å². The highest BCUT2D eigenvalue weighted by Gasteiger charge is 2.11. The molecule has 0 saturated heterocycles. The molecule has 17 heavy (non-hydrogen) atoms. The standard InChI is InChI=1S/C8H16N4O4S/c1-12(4-6(13)14)8(10)11-17-3-2-5(9)7(15)16/h5H,2-4,9H2,1H3,(H2,10,11)(H,13,14)(H,15,16)/t5-/m1/s1. The lowest BCUT2D eigenvalue weighted by Crippen LogP contribution is -2.37. The van der Waals surface area contributed by atoms with Gasteiger partial charge >= 0.3 is 11.9 Å². The summed E-state index contributed by atoms with van der Waals surface area (Å²) in [6, 6.07) is -0.921. The summed E-state index contributed by atoms with van der Waals surface area (Å²) in [4.78, 5) is 22.0. The van der Waals surface area contributed by atoms with E-state index in [9.17, 15) is 9.59 Å². The van der Waals surface area contributed by atoms with E-state index < -0.39 is 18.0 Å². The topological polar surface area (TPSA) is 142 Å². The summed E-state index contributed by atoms with van der Waals surface area (Å²) in [6.45, 7) is -0.246. The van der Waals surface area contributed by atoms with Crippen LogP contribution in [-0.4, -0.2) is 58.4 Å². The lowest BCUT2D eigenvalue weighted by molar-refractivity contribution is -0.139. The molecule has 0 unspecified atom stereocenters. The molecule has 0 rings (SSSR count). The Kier molecular flexibility index (Phi) is 7.06. The van der Waals surface area contributed by atoms with Crippen molar-refractivity contribution in [3.63, 3.8) is 0 Å². The van der Waals surface area contributed by atoms with Crippen molar-refractivity contribution in [1.82, 2.24) is 4.90 Å². The minimum absolute atomic E-state index is 0.0706. The summed E-state index contributed by atoms with van der Waals surface area (Å²) in [7, 11) is 1.50. The van der Waals surface area contributed by atoms with Crippen LogP contribution in [0.4, 0.5) is 0 Å². The number of guanidine groups is 1. The van der Waals surface area contributed by atoms with Crippen molar-refractivity contribution in [2.75, 3.05) is 19.3 Å². The molecule has 1 atom stereocenters. The molecule has 0 aliphatic heterocycles. The number of rotatable bonds is 7. The predicted molar refractivity (Wildman–Crippen MR) is 64.6 cm³/mol. The van der Waals surface area contributed by atoms with Gasteiger partial charge in [0, 0.05) is 12.8 Å². The SMILES string of the molecule is CN(CC(=O)O)C(N)=NSCC[C@@H](N)C(=O)O. The highest BCUT2D eigenvalue weighted by atomic mass is 32.2. The van der Waals surface area contributed by atoms with Gasteiger partial charge in [0.1, 0.15) is 12.6 Å². The second-order valence-corrected chi connectivity index (χ2v) is 4.11. The van der Waals surface area contributed by atoms with E-state index >= 15 is 0 Å². The van der Waals surface area contributed by atoms with E-state index in [1.165, 1.54) is 11.9 Å². The quantitative estimate of drug-likeness (QED) is 0.194. The van der Waals surface area contributed by atoms with Crippen molar-refractivity contribution >= 4 is 29.8 Å². The highest BCUT2D eigenvalue weighted by molar-refractivity contribution is 7.98. The Morgan fingerprint density at radius 1 is 1.47 bits per heavy atom. The van der Waals surface area contributed by atoms with Gasteiger partial charge in [-0.3, -0.25) is 9.59 Å². The van der Waals surface area contributed by atoms with Crippen molar-refractivity contribution in [2.45, 2.75) is 12.5 Å². The van der Waals surface area contributed by atoms with Gasteiger partial charge in [0.05, 0.1) is 0 Å². The maximum Gasteiger partial charge on any atom is 0.323 e. The molecule has 0 aromatic heterocycles. The van der Waals surface area contributed by atoms with Gasteiger partial charge < -0.3 is 26.6 Å². The molecule has 0 spiro atoms. The second-order valence-electron chi connectivity index (χ2n) is 3.27. The molecule has 0 aliphatic rings. The highest BCUT2D eigenvalue weighted by Crippen LogP contribution is 2.06. The van der Waals surface area contributed by atoms with Gasteiger partial charge in [-0.15, -0.1) is 0 Å². The number of nitrogens with two attached hydrogens (primary N) is 2. The average Bonchev–Trinajstić information content (AvgIpc) is 2.22. The van der Waals surface area contributed by atoms with Crippen molar-refractivity contribution in [3.05, 3.63) is 0 Å². The first-order valence-electron chi connectivity index (χ1n) is 4.71. The van der Waals surface area contributed by atoms with Crippen LogP contribution in [0, 0.1) is 0 Å². The molecule has 0 bridgehead atoms. The average molecular weight is 264 g/mol. The molecule has 0 aliphatic carbocycles. The van der Waals surface area contributed by atoms with Crippen molar-refractivity contribution < 1.29 is 19.8 Å². The maximum absolute atomic E-state index is 10.4. The number of carbonyl (C=O) groups is 2. The Morgan fingerprint density at radius 2 is 2.06 bits per heavy atom. The van der Waals surface area contributed by atoms with Gasteiger partial charge in [0.2, 0.25) is 5.96 Å². The van der Waals surface area contributed by atoms with Crippen molar-refractivity contribution in [3.8, 4) is 0 Å². The molecule has 8 nitrogen and oxygen atoms in total. The molecule has 0 aromatic carbocycles. The van der Waals surface area contributed by atoms with Crippen LogP contribution in [0.5, 0.6) is 0 Å². The fourth-order valence-corrected chi connectivity index (χ4v) is 1.49. The monoisotopic (exact) mass is 264 g/mol. The lowest BCUT2D eigenvalue weighted by atomic mass is 10.2. The van der Waals surface area contributed by atoms with Crippen LogP contribution in [0.1, 0.15) is 6.42 Å². The first-order chi connectivity index (χ1) is 7.84. The van der Waals surface area contributed by atoms with Gasteiger partial charge in [-0.2, -0.15) is 4.40 Å². The van der Waals surface area contributed by atoms with E-state index in [1.807, 2.05) is 0 Å². The third-order valence-electron chi connectivity index (χ3n) is 1.76. The van der Waals surface area contributed by atoms with E-state index in [0.717, 1.165) is 11.9 Å². The smallest absolute Gasteiger partial charge is 0.323 e. The summed E-state index contributed by atoms with van der Waals surface area (Å²) < 4.78 is 3.83. The summed E-state index contributed by atoms with van der Waals surface area (Å²) in [5.41, 5.74) is 10.8. The normalized spacial score (nSPS) is 13.2. The zero-order chi connectivity index (χ0) is 13.4. The van der Waals surface area contributed by atoms with Crippen LogP contribution in [-0.2, 0) is 9.59 Å². The largest absolute Gasteiger partial charge is 0.480 e. The molecule has 6 N–H and O–H groups in total. The van der Waals surface area contributed by atoms with Gasteiger partial charge in [-0.05, 0) is 18.4 Å². The van der Waals surface area contributed by atoms with E-state index in [4.69, 9.17) is 21.7 Å². The third kappa shape index (κ3) is 7.41. The van der Waals surface area contributed by atoms with E-state index in [0.29, 0.717) is 5.75 Å². The number of likely N-dealkylation sites (N-methyl/N-ethyl adjacent to an activating group) is 1. The minimum atomic E-state index is -1.06. The molecule has 0 aromatic rings. The van der Waals surface area contributed by atoms with E-state index in [1.54, 1.807) is 0 Å². The van der Waals surface area contributed by atoms with Gasteiger partial charge in [-0.1, -0.05) is 0 Å². The molecule has 0 heterocycles. The number of aliphatic carboxylic acids is 2. The summed E-state index contributed by atoms with van der Waals surface area (Å²) in [5.74, 6) is -1.61. The number of carboxylic acid groups (broad SMARTS) is 2. The Bertz CT molecular complexity index is 310. The molecule has 0 fully saturated rings. The zero-order valence-electron chi connectivity index (χ0n) is 9.37. The number of carboxylic acids is 2. The summed E-state index contributed by atoms with van der Waals surface area (Å²) in [5, 5.41) is 17.0. The number of hydrogen-bond donors (Lipinski definition) is 4. The van der Waals surface area contributed by atoms with Crippen molar-refractivity contribution in [1.29, 1.82) is 0 Å². The summed E-state index contributed by atoms with van der Waals surface area (Å²) in [6.07, 6.45) is 0.263. The van der Waals surface area contributed by atoms with Gasteiger partial charge in [0.25, 0.3) is 0 Å². The van der Waals surface area contributed by atoms with E-state index in [2.05, 4.69) is 4.40 Å². The molecule has 9 heteroatoms. The van der Waals surface area contributed by atoms with Crippen LogP contribution >= 0.6 is 11.9 Å². The Labute approximate surface area is 103 Å². The van der Waals surface area contributed by atoms with Crippen LogP contribution in [0.25, 0.3) is 0 Å². The first kappa shape index (κ1) is 15.5. The van der Waals surface area contributed by atoms with Gasteiger partial charge in [0.15, 0.2) is 0 Å². The molecular formula is C8H16N4O4S. The molecule has 98 valence electrons. The predicted octanol–water partition coefficient (Wildman–Crippen LogP) is -1.23. The Hall–Kier alpha value is -1.48.